The molecular formula is C27H29N5O2. The van der Waals surface area contributed by atoms with E-state index in [9.17, 15) is 4.79 Å². The zero-order valence-corrected chi connectivity index (χ0v) is 19.6. The van der Waals surface area contributed by atoms with Crippen molar-refractivity contribution in [2.24, 2.45) is 0 Å². The van der Waals surface area contributed by atoms with E-state index in [-0.39, 0.29) is 11.9 Å². The first kappa shape index (κ1) is 21.9. The summed E-state index contributed by atoms with van der Waals surface area (Å²) in [6.45, 7) is 6.24. The van der Waals surface area contributed by atoms with Gasteiger partial charge in [-0.25, -0.2) is 4.98 Å². The fraction of sp³-hybridized carbons (Fsp3) is 0.296. The molecule has 34 heavy (non-hydrogen) atoms. The highest BCUT2D eigenvalue weighted by Crippen LogP contribution is 2.43. The van der Waals surface area contributed by atoms with Crippen molar-refractivity contribution in [3.8, 4) is 17.0 Å². The van der Waals surface area contributed by atoms with E-state index in [0.717, 1.165) is 47.5 Å². The first-order valence-corrected chi connectivity index (χ1v) is 11.8. The smallest absolute Gasteiger partial charge is 0.273 e. The van der Waals surface area contributed by atoms with Crippen molar-refractivity contribution in [3.63, 3.8) is 0 Å². The maximum Gasteiger partial charge on any atom is 0.273 e. The van der Waals surface area contributed by atoms with Gasteiger partial charge in [0, 0.05) is 36.6 Å². The number of aryl methyl sites for hydroxylation is 2. The molecule has 0 saturated carbocycles. The van der Waals surface area contributed by atoms with Crippen molar-refractivity contribution in [1.82, 2.24) is 24.6 Å². The van der Waals surface area contributed by atoms with Crippen LogP contribution in [0.3, 0.4) is 0 Å². The lowest BCUT2D eigenvalue weighted by atomic mass is 9.95. The second-order valence-electron chi connectivity index (χ2n) is 8.70. The number of carbonyl (C=O) groups is 1. The molecule has 1 aliphatic rings. The van der Waals surface area contributed by atoms with E-state index in [1.807, 2.05) is 27.8 Å². The highest BCUT2D eigenvalue weighted by molar-refractivity contribution is 6.00. The van der Waals surface area contributed by atoms with Crippen molar-refractivity contribution in [3.05, 3.63) is 89.6 Å². The van der Waals surface area contributed by atoms with E-state index >= 15 is 0 Å². The van der Waals surface area contributed by atoms with Gasteiger partial charge in [-0.3, -0.25) is 9.89 Å². The number of imidazole rings is 1. The molecule has 7 heteroatoms. The van der Waals surface area contributed by atoms with Crippen LogP contribution in [0.4, 0.5) is 0 Å². The number of ether oxygens (including phenoxy) is 1. The van der Waals surface area contributed by atoms with E-state index in [2.05, 4.69) is 65.4 Å². The normalized spacial score (nSPS) is 15.1. The molecule has 174 valence electrons. The van der Waals surface area contributed by atoms with Gasteiger partial charge in [0.1, 0.15) is 11.4 Å². The van der Waals surface area contributed by atoms with Gasteiger partial charge >= 0.3 is 0 Å². The molecule has 2 aromatic heterocycles. The van der Waals surface area contributed by atoms with Crippen molar-refractivity contribution >= 4 is 5.91 Å². The fourth-order valence-electron chi connectivity index (χ4n) is 4.54. The minimum Gasteiger partial charge on any atom is -0.494 e. The summed E-state index contributed by atoms with van der Waals surface area (Å²) < 4.78 is 7.94. The number of hydrogen-bond acceptors (Lipinski definition) is 4. The summed E-state index contributed by atoms with van der Waals surface area (Å²) in [6, 6.07) is 16.1. The molecule has 1 N–H and O–H groups in total. The predicted octanol–water partition coefficient (Wildman–Crippen LogP) is 5.01. The zero-order valence-electron chi connectivity index (χ0n) is 19.6. The van der Waals surface area contributed by atoms with Gasteiger partial charge in [-0.1, -0.05) is 48.9 Å². The Balaban J connectivity index is 1.52. The number of fused-ring (bicyclic) bond motifs is 1. The largest absolute Gasteiger partial charge is 0.494 e. The molecule has 0 bridgehead atoms. The van der Waals surface area contributed by atoms with Gasteiger partial charge in [-0.2, -0.15) is 5.10 Å². The van der Waals surface area contributed by atoms with Gasteiger partial charge in [0.15, 0.2) is 0 Å². The molecule has 1 unspecified atom stereocenters. The third-order valence-corrected chi connectivity index (χ3v) is 6.21. The number of rotatable bonds is 9. The highest BCUT2D eigenvalue weighted by atomic mass is 16.5. The van der Waals surface area contributed by atoms with Gasteiger partial charge in [-0.15, -0.1) is 0 Å². The van der Waals surface area contributed by atoms with Crippen LogP contribution in [0.1, 0.15) is 53.0 Å². The van der Waals surface area contributed by atoms with Crippen LogP contribution in [0, 0.1) is 6.92 Å². The third-order valence-electron chi connectivity index (χ3n) is 6.21. The van der Waals surface area contributed by atoms with Gasteiger partial charge in [0.05, 0.1) is 24.7 Å². The van der Waals surface area contributed by atoms with E-state index in [0.29, 0.717) is 18.8 Å². The summed E-state index contributed by atoms with van der Waals surface area (Å²) in [5.41, 5.74) is 5.54. The summed E-state index contributed by atoms with van der Waals surface area (Å²) >= 11 is 0. The number of nitrogens with one attached hydrogen (secondary N) is 1. The van der Waals surface area contributed by atoms with Crippen LogP contribution in [0.25, 0.3) is 11.3 Å². The Bertz CT molecular complexity index is 1260. The molecule has 0 radical (unpaired) electrons. The molecule has 0 fully saturated rings. The maximum absolute atomic E-state index is 13.5. The summed E-state index contributed by atoms with van der Waals surface area (Å²) in [5, 5.41) is 7.62. The van der Waals surface area contributed by atoms with Crippen LogP contribution in [0.2, 0.25) is 0 Å². The number of H-pyrrole nitrogens is 1. The van der Waals surface area contributed by atoms with Crippen molar-refractivity contribution < 1.29 is 9.53 Å². The first-order chi connectivity index (χ1) is 16.7. The number of carbonyl (C=O) groups excluding carboxylic acids is 1. The maximum atomic E-state index is 13.5. The first-order valence-electron chi connectivity index (χ1n) is 11.8. The van der Waals surface area contributed by atoms with Gasteiger partial charge in [0.25, 0.3) is 5.91 Å². The van der Waals surface area contributed by atoms with E-state index < -0.39 is 0 Å². The quantitative estimate of drug-likeness (QED) is 0.385. The Hall–Kier alpha value is -3.87. The second kappa shape index (κ2) is 9.55. The Morgan fingerprint density at radius 1 is 1.12 bits per heavy atom. The van der Waals surface area contributed by atoms with E-state index in [1.165, 1.54) is 5.56 Å². The molecule has 1 atom stereocenters. The lowest BCUT2D eigenvalue weighted by Gasteiger charge is -2.27. The van der Waals surface area contributed by atoms with Crippen molar-refractivity contribution in [2.75, 3.05) is 13.2 Å². The zero-order chi connectivity index (χ0) is 23.5. The van der Waals surface area contributed by atoms with Gasteiger partial charge in [-0.05, 0) is 37.5 Å². The van der Waals surface area contributed by atoms with Crippen LogP contribution in [-0.4, -0.2) is 43.7 Å². The average molecular weight is 456 g/mol. The lowest BCUT2D eigenvalue weighted by Crippen LogP contribution is -2.31. The number of hydrogen-bond donors (Lipinski definition) is 1. The van der Waals surface area contributed by atoms with Crippen LogP contribution in [0.15, 0.2) is 67.3 Å². The topological polar surface area (TPSA) is 76.0 Å². The monoisotopic (exact) mass is 455 g/mol. The average Bonchev–Trinajstić information content (AvgIpc) is 3.58. The summed E-state index contributed by atoms with van der Waals surface area (Å²) in [5.74, 6) is 0.801. The molecule has 0 aliphatic carbocycles. The molecule has 2 aromatic carbocycles. The molecule has 7 nitrogen and oxygen atoms in total. The second-order valence-corrected chi connectivity index (χ2v) is 8.70. The molecular weight excluding hydrogens is 426 g/mol. The van der Waals surface area contributed by atoms with E-state index in [4.69, 9.17) is 4.74 Å². The third kappa shape index (κ3) is 4.21. The van der Waals surface area contributed by atoms with Gasteiger partial charge in [0.2, 0.25) is 0 Å². The summed E-state index contributed by atoms with van der Waals surface area (Å²) in [7, 11) is 0. The Labute approximate surface area is 199 Å². The Morgan fingerprint density at radius 2 is 1.97 bits per heavy atom. The molecule has 1 amide bonds. The lowest BCUT2D eigenvalue weighted by molar-refractivity contribution is 0.0739. The molecule has 1 aliphatic heterocycles. The SMILES string of the molecule is CCCOc1cccc(C2c3c(-c4ccc(C)cc4)n[nH]c3C(=O)N2CCCn2ccnc2)c1. The number of benzene rings is 2. The molecule has 0 saturated heterocycles. The number of aromatic nitrogens is 4. The molecule has 0 spiro atoms. The Kier molecular flexibility index (Phi) is 6.16. The minimum absolute atomic E-state index is 0.0172. The van der Waals surface area contributed by atoms with Crippen LogP contribution >= 0.6 is 0 Å². The predicted molar refractivity (Wildman–Crippen MR) is 131 cm³/mol. The fourth-order valence-corrected chi connectivity index (χ4v) is 4.54. The van der Waals surface area contributed by atoms with Crippen LogP contribution in [-0.2, 0) is 6.54 Å². The van der Waals surface area contributed by atoms with Crippen LogP contribution in [0.5, 0.6) is 5.75 Å². The summed E-state index contributed by atoms with van der Waals surface area (Å²) in [4.78, 5) is 19.6. The van der Waals surface area contributed by atoms with Gasteiger partial charge < -0.3 is 14.2 Å². The molecule has 3 heterocycles. The highest BCUT2D eigenvalue weighted by Gasteiger charge is 2.42. The standard InChI is InChI=1S/C27H29N5O2/c1-3-16-34-22-7-4-6-21(17-22)26-23-24(20-10-8-19(2)9-11-20)29-30-25(23)27(33)32(26)14-5-13-31-15-12-28-18-31/h4,6-12,15,17-18,26H,3,5,13-14,16H2,1-2H3,(H,29,30). The number of amides is 1. The van der Waals surface area contributed by atoms with Crippen molar-refractivity contribution in [2.45, 2.75) is 39.3 Å². The Morgan fingerprint density at radius 3 is 2.74 bits per heavy atom. The van der Waals surface area contributed by atoms with Crippen molar-refractivity contribution in [1.29, 1.82) is 0 Å². The number of nitrogens with zero attached hydrogens (tertiary/aromatic N) is 4. The molecule has 5 rings (SSSR count). The summed E-state index contributed by atoms with van der Waals surface area (Å²) in [6.07, 6.45) is 7.29. The van der Waals surface area contributed by atoms with E-state index in [1.54, 1.807) is 12.5 Å². The minimum atomic E-state index is -0.231. The molecule has 4 aromatic rings. The van der Waals surface area contributed by atoms with Crippen LogP contribution < -0.4 is 4.74 Å². The number of aromatic amines is 1.